The molecule has 0 amide bonds. The highest BCUT2D eigenvalue weighted by Crippen LogP contribution is 2.34. The molecule has 0 heterocycles. The summed E-state index contributed by atoms with van der Waals surface area (Å²) in [6.07, 6.45) is 7.16. The van der Waals surface area contributed by atoms with E-state index >= 15 is 0 Å². The highest BCUT2D eigenvalue weighted by atomic mass is 16.5. The SMILES string of the molecule is CN=C(NCCc1c(OC)cc(OC)cc1OC)NC1CCCCC1. The molecule has 0 unspecified atom stereocenters. The quantitative estimate of drug-likeness (QED) is 0.585. The van der Waals surface area contributed by atoms with Crippen molar-refractivity contribution >= 4 is 5.96 Å². The van der Waals surface area contributed by atoms with Crippen molar-refractivity contribution in [1.29, 1.82) is 0 Å². The summed E-state index contributed by atoms with van der Waals surface area (Å²) in [5.74, 6) is 3.12. The summed E-state index contributed by atoms with van der Waals surface area (Å²) in [6, 6.07) is 4.30. The van der Waals surface area contributed by atoms with Crippen LogP contribution in [-0.4, -0.2) is 46.9 Å². The number of hydrogen-bond donors (Lipinski definition) is 2. The molecule has 6 heteroatoms. The van der Waals surface area contributed by atoms with Crippen molar-refractivity contribution in [2.75, 3.05) is 34.9 Å². The number of hydrogen-bond acceptors (Lipinski definition) is 4. The first-order valence-electron chi connectivity index (χ1n) is 8.97. The smallest absolute Gasteiger partial charge is 0.191 e. The molecule has 0 radical (unpaired) electrons. The zero-order valence-electron chi connectivity index (χ0n) is 15.9. The second kappa shape index (κ2) is 10.0. The van der Waals surface area contributed by atoms with Gasteiger partial charge >= 0.3 is 0 Å². The molecule has 0 atom stereocenters. The van der Waals surface area contributed by atoms with E-state index in [9.17, 15) is 0 Å². The van der Waals surface area contributed by atoms with Gasteiger partial charge in [0, 0.05) is 37.3 Å². The van der Waals surface area contributed by atoms with E-state index in [2.05, 4.69) is 15.6 Å². The van der Waals surface area contributed by atoms with E-state index in [4.69, 9.17) is 14.2 Å². The van der Waals surface area contributed by atoms with E-state index in [0.717, 1.165) is 41.7 Å². The van der Waals surface area contributed by atoms with Crippen molar-refractivity contribution in [3.8, 4) is 17.2 Å². The Morgan fingerprint density at radius 2 is 1.68 bits per heavy atom. The summed E-state index contributed by atoms with van der Waals surface area (Å²) >= 11 is 0. The molecule has 0 spiro atoms. The first kappa shape index (κ1) is 19.2. The zero-order valence-corrected chi connectivity index (χ0v) is 15.9. The van der Waals surface area contributed by atoms with Crippen LogP contribution in [0.5, 0.6) is 17.2 Å². The lowest BCUT2D eigenvalue weighted by atomic mass is 9.96. The van der Waals surface area contributed by atoms with Gasteiger partial charge in [-0.2, -0.15) is 0 Å². The molecular formula is C19H31N3O3. The molecule has 6 nitrogen and oxygen atoms in total. The van der Waals surface area contributed by atoms with Gasteiger partial charge in [0.2, 0.25) is 0 Å². The fraction of sp³-hybridized carbons (Fsp3) is 0.632. The summed E-state index contributed by atoms with van der Waals surface area (Å²) in [4.78, 5) is 4.34. The van der Waals surface area contributed by atoms with Crippen LogP contribution in [0.4, 0.5) is 0 Å². The number of guanidine groups is 1. The van der Waals surface area contributed by atoms with E-state index in [1.165, 1.54) is 32.1 Å². The molecule has 2 rings (SSSR count). The monoisotopic (exact) mass is 349 g/mol. The van der Waals surface area contributed by atoms with E-state index < -0.39 is 0 Å². The summed E-state index contributed by atoms with van der Waals surface area (Å²) in [5, 5.41) is 6.92. The molecule has 1 aromatic carbocycles. The maximum Gasteiger partial charge on any atom is 0.191 e. The predicted molar refractivity (Wildman–Crippen MR) is 101 cm³/mol. The van der Waals surface area contributed by atoms with Gasteiger partial charge in [0.1, 0.15) is 17.2 Å². The summed E-state index contributed by atoms with van der Waals surface area (Å²) in [7, 11) is 6.77. The van der Waals surface area contributed by atoms with Gasteiger partial charge in [-0.3, -0.25) is 4.99 Å². The number of aliphatic imine (C=N–C) groups is 1. The molecule has 0 bridgehead atoms. The van der Waals surface area contributed by atoms with Gasteiger partial charge in [0.15, 0.2) is 5.96 Å². The van der Waals surface area contributed by atoms with E-state index in [1.54, 1.807) is 21.3 Å². The minimum atomic E-state index is 0.532. The van der Waals surface area contributed by atoms with Crippen LogP contribution in [0.3, 0.4) is 0 Å². The lowest BCUT2D eigenvalue weighted by molar-refractivity contribution is 0.368. The van der Waals surface area contributed by atoms with Crippen molar-refractivity contribution in [3.05, 3.63) is 17.7 Å². The molecule has 0 aromatic heterocycles. The van der Waals surface area contributed by atoms with Gasteiger partial charge in [-0.15, -0.1) is 0 Å². The van der Waals surface area contributed by atoms with Gasteiger partial charge in [0.05, 0.1) is 21.3 Å². The Kier molecular flexibility index (Phi) is 7.70. The van der Waals surface area contributed by atoms with Crippen molar-refractivity contribution in [2.45, 2.75) is 44.6 Å². The number of benzene rings is 1. The van der Waals surface area contributed by atoms with Gasteiger partial charge in [-0.25, -0.2) is 0 Å². The average Bonchev–Trinajstić information content (AvgIpc) is 2.67. The molecule has 140 valence electrons. The number of rotatable bonds is 7. The molecule has 1 aliphatic rings. The van der Waals surface area contributed by atoms with Crippen LogP contribution in [0, 0.1) is 0 Å². The maximum absolute atomic E-state index is 5.50. The second-order valence-corrected chi connectivity index (χ2v) is 6.24. The number of nitrogens with zero attached hydrogens (tertiary/aromatic N) is 1. The Morgan fingerprint density at radius 3 is 2.20 bits per heavy atom. The second-order valence-electron chi connectivity index (χ2n) is 6.24. The third kappa shape index (κ3) is 5.44. The minimum Gasteiger partial charge on any atom is -0.496 e. The van der Waals surface area contributed by atoms with Crippen LogP contribution in [0.15, 0.2) is 17.1 Å². The molecule has 1 aromatic rings. The number of methoxy groups -OCH3 is 3. The molecule has 1 fully saturated rings. The molecule has 1 saturated carbocycles. The Morgan fingerprint density at radius 1 is 1.04 bits per heavy atom. The van der Waals surface area contributed by atoms with E-state index in [1.807, 2.05) is 19.2 Å². The summed E-state index contributed by atoms with van der Waals surface area (Å²) < 4.78 is 16.3. The third-order valence-electron chi connectivity index (χ3n) is 4.65. The van der Waals surface area contributed by atoms with Crippen LogP contribution in [-0.2, 0) is 6.42 Å². The van der Waals surface area contributed by atoms with Crippen LogP contribution in [0.2, 0.25) is 0 Å². The fourth-order valence-corrected chi connectivity index (χ4v) is 3.27. The molecule has 2 N–H and O–H groups in total. The van der Waals surface area contributed by atoms with Crippen LogP contribution >= 0.6 is 0 Å². The number of ether oxygens (including phenoxy) is 3. The van der Waals surface area contributed by atoms with E-state index in [-0.39, 0.29) is 0 Å². The standard InChI is InChI=1S/C19H31N3O3/c1-20-19(22-14-8-6-5-7-9-14)21-11-10-16-17(24-3)12-15(23-2)13-18(16)25-4/h12-14H,5-11H2,1-4H3,(H2,20,21,22). The van der Waals surface area contributed by atoms with Crippen LogP contribution in [0.1, 0.15) is 37.7 Å². The van der Waals surface area contributed by atoms with E-state index in [0.29, 0.717) is 6.04 Å². The molecule has 0 aliphatic heterocycles. The van der Waals surface area contributed by atoms with Gasteiger partial charge in [-0.05, 0) is 19.3 Å². The average molecular weight is 349 g/mol. The minimum absolute atomic E-state index is 0.532. The zero-order chi connectivity index (χ0) is 18.1. The Bertz CT molecular complexity index is 544. The normalized spacial score (nSPS) is 15.6. The lowest BCUT2D eigenvalue weighted by Crippen LogP contribution is -2.44. The van der Waals surface area contributed by atoms with Crippen molar-refractivity contribution in [3.63, 3.8) is 0 Å². The van der Waals surface area contributed by atoms with Crippen LogP contribution in [0.25, 0.3) is 0 Å². The first-order valence-corrected chi connectivity index (χ1v) is 8.97. The third-order valence-corrected chi connectivity index (χ3v) is 4.65. The van der Waals surface area contributed by atoms with Gasteiger partial charge in [0.25, 0.3) is 0 Å². The highest BCUT2D eigenvalue weighted by molar-refractivity contribution is 5.80. The predicted octanol–water partition coefficient (Wildman–Crippen LogP) is 2.75. The summed E-state index contributed by atoms with van der Waals surface area (Å²) in [5.41, 5.74) is 1.02. The topological polar surface area (TPSA) is 64.1 Å². The maximum atomic E-state index is 5.50. The Labute approximate surface area is 151 Å². The van der Waals surface area contributed by atoms with Gasteiger partial charge < -0.3 is 24.8 Å². The van der Waals surface area contributed by atoms with Crippen molar-refractivity contribution in [2.24, 2.45) is 4.99 Å². The molecule has 1 aliphatic carbocycles. The fourth-order valence-electron chi connectivity index (χ4n) is 3.27. The molecule has 25 heavy (non-hydrogen) atoms. The number of nitrogens with one attached hydrogen (secondary N) is 2. The molecule has 0 saturated heterocycles. The summed E-state index contributed by atoms with van der Waals surface area (Å²) in [6.45, 7) is 0.742. The van der Waals surface area contributed by atoms with Crippen molar-refractivity contribution < 1.29 is 14.2 Å². The highest BCUT2D eigenvalue weighted by Gasteiger charge is 2.16. The Hall–Kier alpha value is -2.11. The Balaban J connectivity index is 1.95. The largest absolute Gasteiger partial charge is 0.496 e. The van der Waals surface area contributed by atoms with Crippen molar-refractivity contribution in [1.82, 2.24) is 10.6 Å². The van der Waals surface area contributed by atoms with Crippen LogP contribution < -0.4 is 24.8 Å². The van der Waals surface area contributed by atoms with Gasteiger partial charge in [-0.1, -0.05) is 19.3 Å². The lowest BCUT2D eigenvalue weighted by Gasteiger charge is -2.25. The molecular weight excluding hydrogens is 318 g/mol. The first-order chi connectivity index (χ1) is 12.2.